The SMILES string of the molecule is C=C(C)N1CCN(c2ccc(CNC(=O)C3(c4ccc(OCc5ccc(C(F)F)nc5)nn4)CC3)cn2)CC1. The quantitative estimate of drug-likeness (QED) is 0.419. The molecule has 5 rings (SSSR count). The normalized spacial score (nSPS) is 16.2. The number of anilines is 1. The molecule has 0 bridgehead atoms. The molecule has 1 saturated heterocycles. The Morgan fingerprint density at radius 2 is 1.77 bits per heavy atom. The predicted octanol–water partition coefficient (Wildman–Crippen LogP) is 3.79. The molecule has 1 saturated carbocycles. The zero-order valence-corrected chi connectivity index (χ0v) is 21.8. The van der Waals surface area contributed by atoms with Crippen molar-refractivity contribution >= 4 is 11.7 Å². The molecule has 1 aliphatic carbocycles. The van der Waals surface area contributed by atoms with Crippen molar-refractivity contribution in [3.63, 3.8) is 0 Å². The van der Waals surface area contributed by atoms with Crippen molar-refractivity contribution in [1.29, 1.82) is 0 Å². The molecular weight excluding hydrogens is 504 g/mol. The Bertz CT molecular complexity index is 1290. The zero-order valence-electron chi connectivity index (χ0n) is 21.8. The first-order valence-corrected chi connectivity index (χ1v) is 12.9. The molecule has 11 heteroatoms. The smallest absolute Gasteiger partial charge is 0.280 e. The topological polar surface area (TPSA) is 96.4 Å². The summed E-state index contributed by atoms with van der Waals surface area (Å²) in [5, 5.41) is 11.4. The van der Waals surface area contributed by atoms with Gasteiger partial charge in [-0.15, -0.1) is 5.10 Å². The minimum Gasteiger partial charge on any atom is -0.472 e. The molecule has 0 spiro atoms. The van der Waals surface area contributed by atoms with Crippen LogP contribution < -0.4 is 15.0 Å². The highest BCUT2D eigenvalue weighted by Gasteiger charge is 2.52. The molecular formula is C28H31F2N7O2. The van der Waals surface area contributed by atoms with Crippen molar-refractivity contribution in [2.24, 2.45) is 0 Å². The highest BCUT2D eigenvalue weighted by atomic mass is 19.3. The Kier molecular flexibility index (Phi) is 7.67. The molecule has 1 N–H and O–H groups in total. The van der Waals surface area contributed by atoms with Gasteiger partial charge in [0.25, 0.3) is 6.43 Å². The lowest BCUT2D eigenvalue weighted by Crippen LogP contribution is -2.45. The molecule has 1 aliphatic heterocycles. The number of nitrogens with one attached hydrogen (secondary N) is 1. The highest BCUT2D eigenvalue weighted by molar-refractivity contribution is 5.90. The van der Waals surface area contributed by atoms with Gasteiger partial charge in [-0.2, -0.15) is 5.10 Å². The molecule has 0 atom stereocenters. The predicted molar refractivity (Wildman–Crippen MR) is 141 cm³/mol. The zero-order chi connectivity index (χ0) is 27.4. The summed E-state index contributed by atoms with van der Waals surface area (Å²) in [5.41, 5.74) is 2.28. The number of hydrogen-bond donors (Lipinski definition) is 1. The molecule has 0 radical (unpaired) electrons. The molecule has 3 aromatic rings. The maximum Gasteiger partial charge on any atom is 0.280 e. The van der Waals surface area contributed by atoms with Gasteiger partial charge in [-0.25, -0.2) is 13.8 Å². The lowest BCUT2D eigenvalue weighted by Gasteiger charge is -2.36. The Labute approximate surface area is 225 Å². The molecule has 2 aliphatic rings. The van der Waals surface area contributed by atoms with E-state index in [1.807, 2.05) is 25.3 Å². The Balaban J connectivity index is 1.11. The van der Waals surface area contributed by atoms with Crippen molar-refractivity contribution in [2.45, 2.75) is 44.8 Å². The summed E-state index contributed by atoms with van der Waals surface area (Å²) in [6, 6.07) is 10.2. The number of piperazine rings is 1. The maximum atomic E-state index is 13.1. The van der Waals surface area contributed by atoms with Crippen LogP contribution in [0.3, 0.4) is 0 Å². The van der Waals surface area contributed by atoms with Crippen LogP contribution in [-0.2, 0) is 23.4 Å². The second-order valence-electron chi connectivity index (χ2n) is 9.94. The van der Waals surface area contributed by atoms with Gasteiger partial charge in [-0.1, -0.05) is 18.7 Å². The molecule has 3 aromatic heterocycles. The number of pyridine rings is 2. The molecule has 4 heterocycles. The van der Waals surface area contributed by atoms with Crippen molar-refractivity contribution in [3.05, 3.63) is 83.6 Å². The van der Waals surface area contributed by atoms with E-state index in [0.717, 1.165) is 43.3 Å². The molecule has 9 nitrogen and oxygen atoms in total. The van der Waals surface area contributed by atoms with Crippen molar-refractivity contribution in [2.75, 3.05) is 31.1 Å². The number of alkyl halides is 2. The van der Waals surface area contributed by atoms with E-state index in [1.54, 1.807) is 12.1 Å². The van der Waals surface area contributed by atoms with Gasteiger partial charge in [0.05, 0.1) is 11.1 Å². The monoisotopic (exact) mass is 535 g/mol. The van der Waals surface area contributed by atoms with Crippen LogP contribution in [0.25, 0.3) is 0 Å². The van der Waals surface area contributed by atoms with E-state index in [1.165, 1.54) is 18.3 Å². The van der Waals surface area contributed by atoms with E-state index in [2.05, 4.69) is 41.9 Å². The fourth-order valence-corrected chi connectivity index (χ4v) is 4.56. The minimum absolute atomic E-state index is 0.0874. The van der Waals surface area contributed by atoms with Crippen LogP contribution in [0.4, 0.5) is 14.6 Å². The number of carbonyl (C=O) groups excluding carboxylic acids is 1. The molecule has 2 fully saturated rings. The van der Waals surface area contributed by atoms with Gasteiger partial charge in [0.2, 0.25) is 11.8 Å². The summed E-state index contributed by atoms with van der Waals surface area (Å²) < 4.78 is 30.9. The maximum absolute atomic E-state index is 13.1. The largest absolute Gasteiger partial charge is 0.472 e. The fraction of sp³-hybridized carbons (Fsp3) is 0.393. The Hall–Kier alpha value is -4.15. The number of rotatable bonds is 10. The van der Waals surface area contributed by atoms with Gasteiger partial charge >= 0.3 is 0 Å². The average molecular weight is 536 g/mol. The van der Waals surface area contributed by atoms with Crippen LogP contribution in [-0.4, -0.2) is 57.2 Å². The lowest BCUT2D eigenvalue weighted by molar-refractivity contribution is -0.123. The second kappa shape index (κ2) is 11.3. The second-order valence-corrected chi connectivity index (χ2v) is 9.94. The standard InChI is InChI=1S/C28H31F2N7O2/c1-19(2)36-11-13-37(14-12-36)24-7-4-20(15-32-24)16-33-27(38)28(9-10-28)23-6-8-25(35-34-23)39-18-21-3-5-22(26(29)30)31-17-21/h3-8,15,17,26H,1,9-14,16,18H2,2H3,(H,33,38). The first kappa shape index (κ1) is 26.5. The number of nitrogens with zero attached hydrogens (tertiary/aromatic N) is 6. The summed E-state index contributed by atoms with van der Waals surface area (Å²) >= 11 is 0. The van der Waals surface area contributed by atoms with Crippen LogP contribution in [0.2, 0.25) is 0 Å². The van der Waals surface area contributed by atoms with Crippen LogP contribution in [0.15, 0.2) is 61.1 Å². The van der Waals surface area contributed by atoms with Gasteiger partial charge in [0, 0.05) is 62.4 Å². The molecule has 204 valence electrons. The first-order chi connectivity index (χ1) is 18.8. The number of ether oxygens (including phenoxy) is 1. The minimum atomic E-state index is -2.61. The molecule has 39 heavy (non-hydrogen) atoms. The van der Waals surface area contributed by atoms with E-state index in [9.17, 15) is 13.6 Å². The van der Waals surface area contributed by atoms with Gasteiger partial charge in [0.15, 0.2) is 0 Å². The summed E-state index contributed by atoms with van der Waals surface area (Å²) in [4.78, 5) is 25.9. The van der Waals surface area contributed by atoms with Crippen molar-refractivity contribution < 1.29 is 18.3 Å². The number of allylic oxidation sites excluding steroid dienone is 1. The van der Waals surface area contributed by atoms with E-state index >= 15 is 0 Å². The lowest BCUT2D eigenvalue weighted by atomic mass is 10.0. The average Bonchev–Trinajstić information content (AvgIpc) is 3.78. The highest BCUT2D eigenvalue weighted by Crippen LogP contribution is 2.47. The van der Waals surface area contributed by atoms with Gasteiger partial charge in [-0.05, 0) is 43.5 Å². The van der Waals surface area contributed by atoms with Gasteiger partial charge < -0.3 is 19.9 Å². The van der Waals surface area contributed by atoms with E-state index in [0.29, 0.717) is 30.6 Å². The van der Waals surface area contributed by atoms with E-state index in [-0.39, 0.29) is 24.1 Å². The first-order valence-electron chi connectivity index (χ1n) is 12.9. The number of carbonyl (C=O) groups is 1. The fourth-order valence-electron chi connectivity index (χ4n) is 4.56. The van der Waals surface area contributed by atoms with E-state index in [4.69, 9.17) is 4.74 Å². The van der Waals surface area contributed by atoms with Crippen molar-refractivity contribution in [3.8, 4) is 5.88 Å². The summed E-state index contributed by atoms with van der Waals surface area (Å²) in [6.45, 7) is 10.2. The Morgan fingerprint density at radius 1 is 1.03 bits per heavy atom. The number of amides is 1. The summed E-state index contributed by atoms with van der Waals surface area (Å²) in [7, 11) is 0. The Morgan fingerprint density at radius 3 is 2.33 bits per heavy atom. The van der Waals surface area contributed by atoms with Gasteiger partial charge in [0.1, 0.15) is 18.1 Å². The molecule has 0 unspecified atom stereocenters. The van der Waals surface area contributed by atoms with Crippen LogP contribution >= 0.6 is 0 Å². The number of aromatic nitrogens is 4. The summed E-state index contributed by atoms with van der Waals surface area (Å²) in [5.74, 6) is 1.12. The van der Waals surface area contributed by atoms with Crippen LogP contribution in [0, 0.1) is 0 Å². The third-order valence-electron chi connectivity index (χ3n) is 7.18. The molecule has 0 aromatic carbocycles. The van der Waals surface area contributed by atoms with Crippen LogP contribution in [0.5, 0.6) is 5.88 Å². The summed E-state index contributed by atoms with van der Waals surface area (Å²) in [6.07, 6.45) is 1.94. The number of hydrogen-bond acceptors (Lipinski definition) is 8. The van der Waals surface area contributed by atoms with Gasteiger partial charge in [-0.3, -0.25) is 9.78 Å². The van der Waals surface area contributed by atoms with E-state index < -0.39 is 11.8 Å². The third-order valence-corrected chi connectivity index (χ3v) is 7.18. The third kappa shape index (κ3) is 6.13. The van der Waals surface area contributed by atoms with Crippen LogP contribution in [0.1, 0.15) is 48.7 Å². The molecule has 1 amide bonds. The van der Waals surface area contributed by atoms with Crippen molar-refractivity contribution in [1.82, 2.24) is 30.4 Å². The number of halogens is 2.